The molecule has 0 fully saturated rings. The van der Waals surface area contributed by atoms with Crippen LogP contribution < -0.4 is 10.1 Å². The summed E-state index contributed by atoms with van der Waals surface area (Å²) in [5.41, 5.74) is 0.444. The molecular formula is C14H11ClN2O4. The first-order valence-electron chi connectivity index (χ1n) is 5.97. The molecule has 0 aliphatic carbocycles. The zero-order chi connectivity index (χ0) is 15.2. The van der Waals surface area contributed by atoms with Gasteiger partial charge in [-0.3, -0.25) is 14.9 Å². The van der Waals surface area contributed by atoms with Crippen molar-refractivity contribution in [2.75, 3.05) is 6.73 Å². The van der Waals surface area contributed by atoms with Gasteiger partial charge in [0.1, 0.15) is 5.75 Å². The summed E-state index contributed by atoms with van der Waals surface area (Å²) < 4.78 is 5.28. The third-order valence-corrected chi connectivity index (χ3v) is 2.88. The van der Waals surface area contributed by atoms with Gasteiger partial charge in [-0.2, -0.15) is 0 Å². The minimum Gasteiger partial charge on any atom is -0.473 e. The van der Waals surface area contributed by atoms with E-state index in [1.807, 2.05) is 0 Å². The molecule has 0 unspecified atom stereocenters. The SMILES string of the molecule is O=C(NCOc1ccc([N+](=O)[O-])cc1)c1ccc(Cl)cc1. The van der Waals surface area contributed by atoms with Gasteiger partial charge >= 0.3 is 0 Å². The van der Waals surface area contributed by atoms with Crippen molar-refractivity contribution in [2.24, 2.45) is 0 Å². The van der Waals surface area contributed by atoms with Crippen molar-refractivity contribution < 1.29 is 14.5 Å². The minimum absolute atomic E-state index is 0.0208. The normalized spacial score (nSPS) is 9.95. The van der Waals surface area contributed by atoms with Crippen LogP contribution in [0.25, 0.3) is 0 Å². The number of hydrogen-bond donors (Lipinski definition) is 1. The van der Waals surface area contributed by atoms with Gasteiger partial charge in [0.2, 0.25) is 0 Å². The molecule has 21 heavy (non-hydrogen) atoms. The van der Waals surface area contributed by atoms with E-state index in [1.54, 1.807) is 24.3 Å². The molecule has 1 N–H and O–H groups in total. The first-order valence-corrected chi connectivity index (χ1v) is 6.35. The molecule has 0 spiro atoms. The Labute approximate surface area is 125 Å². The summed E-state index contributed by atoms with van der Waals surface area (Å²) in [5.74, 6) is 0.130. The van der Waals surface area contributed by atoms with Crippen LogP contribution in [0.1, 0.15) is 10.4 Å². The maximum absolute atomic E-state index is 11.8. The van der Waals surface area contributed by atoms with Crippen molar-refractivity contribution >= 4 is 23.2 Å². The van der Waals surface area contributed by atoms with Crippen LogP contribution in [0.15, 0.2) is 48.5 Å². The van der Waals surface area contributed by atoms with Crippen LogP contribution in [-0.2, 0) is 0 Å². The molecule has 0 saturated carbocycles. The number of ether oxygens (including phenoxy) is 1. The second kappa shape index (κ2) is 6.71. The third kappa shape index (κ3) is 4.19. The van der Waals surface area contributed by atoms with E-state index in [2.05, 4.69) is 5.32 Å². The lowest BCUT2D eigenvalue weighted by Crippen LogP contribution is -2.27. The number of amides is 1. The van der Waals surface area contributed by atoms with Crippen LogP contribution in [0, 0.1) is 10.1 Å². The van der Waals surface area contributed by atoms with E-state index in [9.17, 15) is 14.9 Å². The molecule has 0 radical (unpaired) electrons. The molecule has 0 aliphatic heterocycles. The van der Waals surface area contributed by atoms with Gasteiger partial charge in [0.15, 0.2) is 6.73 Å². The van der Waals surface area contributed by atoms with Crippen molar-refractivity contribution in [3.63, 3.8) is 0 Å². The molecule has 0 aromatic heterocycles. The van der Waals surface area contributed by atoms with Gasteiger partial charge < -0.3 is 10.1 Å². The number of nitrogens with zero attached hydrogens (tertiary/aromatic N) is 1. The van der Waals surface area contributed by atoms with Crippen LogP contribution >= 0.6 is 11.6 Å². The summed E-state index contributed by atoms with van der Waals surface area (Å²) in [6.45, 7) is -0.0424. The standard InChI is InChI=1S/C14H11ClN2O4/c15-11-3-1-10(2-4-11)14(18)16-9-21-13-7-5-12(6-8-13)17(19)20/h1-8H,9H2,(H,16,18). The summed E-state index contributed by atoms with van der Waals surface area (Å²) in [6, 6.07) is 12.0. The highest BCUT2D eigenvalue weighted by molar-refractivity contribution is 6.30. The Morgan fingerprint density at radius 2 is 1.76 bits per heavy atom. The Balaban J connectivity index is 1.85. The number of non-ortho nitro benzene ring substituents is 1. The fourth-order valence-corrected chi connectivity index (χ4v) is 1.68. The van der Waals surface area contributed by atoms with Gasteiger partial charge in [-0.05, 0) is 36.4 Å². The number of carbonyl (C=O) groups excluding carboxylic acids is 1. The van der Waals surface area contributed by atoms with Crippen molar-refractivity contribution in [1.82, 2.24) is 5.32 Å². The molecule has 0 saturated heterocycles. The molecule has 108 valence electrons. The fraction of sp³-hybridized carbons (Fsp3) is 0.0714. The molecule has 0 heterocycles. The Bertz CT molecular complexity index is 641. The van der Waals surface area contributed by atoms with E-state index in [0.717, 1.165) is 0 Å². The molecule has 0 aliphatic rings. The van der Waals surface area contributed by atoms with E-state index < -0.39 is 4.92 Å². The largest absolute Gasteiger partial charge is 0.473 e. The molecule has 2 rings (SSSR count). The van der Waals surface area contributed by atoms with Gasteiger partial charge in [-0.15, -0.1) is 0 Å². The summed E-state index contributed by atoms with van der Waals surface area (Å²) in [7, 11) is 0. The zero-order valence-electron chi connectivity index (χ0n) is 10.8. The number of nitro benzene ring substituents is 1. The van der Waals surface area contributed by atoms with Gasteiger partial charge in [0.25, 0.3) is 11.6 Å². The molecule has 6 nitrogen and oxygen atoms in total. The second-order valence-electron chi connectivity index (χ2n) is 4.05. The maximum Gasteiger partial charge on any atom is 0.269 e. The molecule has 2 aromatic rings. The van der Waals surface area contributed by atoms with Crippen LogP contribution in [0.4, 0.5) is 5.69 Å². The quantitative estimate of drug-likeness (QED) is 0.523. The summed E-state index contributed by atoms with van der Waals surface area (Å²) in [4.78, 5) is 21.8. The smallest absolute Gasteiger partial charge is 0.269 e. The number of rotatable bonds is 5. The minimum atomic E-state index is -0.494. The summed E-state index contributed by atoms with van der Waals surface area (Å²) in [6.07, 6.45) is 0. The zero-order valence-corrected chi connectivity index (χ0v) is 11.5. The number of nitrogens with one attached hydrogen (secondary N) is 1. The van der Waals surface area contributed by atoms with E-state index in [-0.39, 0.29) is 18.3 Å². The third-order valence-electron chi connectivity index (χ3n) is 2.63. The fourth-order valence-electron chi connectivity index (χ4n) is 1.55. The number of nitro groups is 1. The van der Waals surface area contributed by atoms with Crippen LogP contribution in [0.2, 0.25) is 5.02 Å². The van der Waals surface area contributed by atoms with E-state index in [0.29, 0.717) is 16.3 Å². The maximum atomic E-state index is 11.8. The highest BCUT2D eigenvalue weighted by atomic mass is 35.5. The summed E-state index contributed by atoms with van der Waals surface area (Å²) >= 11 is 5.73. The van der Waals surface area contributed by atoms with Crippen molar-refractivity contribution in [3.8, 4) is 5.75 Å². The Hall–Kier alpha value is -2.60. The number of halogens is 1. The van der Waals surface area contributed by atoms with E-state index >= 15 is 0 Å². The van der Waals surface area contributed by atoms with Gasteiger partial charge in [0.05, 0.1) is 4.92 Å². The molecule has 7 heteroatoms. The monoisotopic (exact) mass is 306 g/mol. The molecule has 2 aromatic carbocycles. The molecular weight excluding hydrogens is 296 g/mol. The lowest BCUT2D eigenvalue weighted by molar-refractivity contribution is -0.384. The van der Waals surface area contributed by atoms with E-state index in [1.165, 1.54) is 24.3 Å². The predicted molar refractivity (Wildman–Crippen MR) is 77.5 cm³/mol. The molecule has 0 atom stereocenters. The average molecular weight is 307 g/mol. The Morgan fingerprint density at radius 1 is 1.14 bits per heavy atom. The van der Waals surface area contributed by atoms with Crippen molar-refractivity contribution in [3.05, 3.63) is 69.2 Å². The van der Waals surface area contributed by atoms with Gasteiger partial charge in [-0.25, -0.2) is 0 Å². The van der Waals surface area contributed by atoms with E-state index in [4.69, 9.17) is 16.3 Å². The number of benzene rings is 2. The van der Waals surface area contributed by atoms with Crippen LogP contribution in [0.5, 0.6) is 5.75 Å². The topological polar surface area (TPSA) is 81.5 Å². The van der Waals surface area contributed by atoms with Crippen molar-refractivity contribution in [2.45, 2.75) is 0 Å². The predicted octanol–water partition coefficient (Wildman–Crippen LogP) is 3.01. The second-order valence-corrected chi connectivity index (χ2v) is 4.49. The first-order chi connectivity index (χ1) is 10.1. The molecule has 0 bridgehead atoms. The number of carbonyl (C=O) groups is 1. The van der Waals surface area contributed by atoms with Crippen LogP contribution in [0.3, 0.4) is 0 Å². The summed E-state index contributed by atoms with van der Waals surface area (Å²) in [5, 5.41) is 13.6. The Morgan fingerprint density at radius 3 is 2.33 bits per heavy atom. The van der Waals surface area contributed by atoms with Gasteiger partial charge in [-0.1, -0.05) is 11.6 Å². The highest BCUT2D eigenvalue weighted by Crippen LogP contribution is 2.17. The van der Waals surface area contributed by atoms with Gasteiger partial charge in [0, 0.05) is 22.7 Å². The first kappa shape index (κ1) is 14.8. The lowest BCUT2D eigenvalue weighted by Gasteiger charge is -2.08. The van der Waals surface area contributed by atoms with Crippen molar-refractivity contribution in [1.29, 1.82) is 0 Å². The molecule has 1 amide bonds. The number of hydrogen-bond acceptors (Lipinski definition) is 4. The lowest BCUT2D eigenvalue weighted by atomic mass is 10.2. The van der Waals surface area contributed by atoms with Crippen LogP contribution in [-0.4, -0.2) is 17.6 Å². The Kier molecular flexibility index (Phi) is 4.73. The average Bonchev–Trinajstić information content (AvgIpc) is 2.48. The highest BCUT2D eigenvalue weighted by Gasteiger charge is 2.06.